The summed E-state index contributed by atoms with van der Waals surface area (Å²) in [5.74, 6) is 1.44. The van der Waals surface area contributed by atoms with Crippen molar-refractivity contribution in [3.8, 4) is 0 Å². The van der Waals surface area contributed by atoms with E-state index < -0.39 is 5.60 Å². The molecule has 2 aromatic heterocycles. The Morgan fingerprint density at radius 3 is 3.00 bits per heavy atom. The lowest BCUT2D eigenvalue weighted by Crippen LogP contribution is -2.45. The third-order valence-electron chi connectivity index (χ3n) is 4.25. The molecule has 1 aliphatic rings. The first-order valence-corrected chi connectivity index (χ1v) is 8.14. The SMILES string of the molecule is CN(C)c1cc(N2CC[C@@](O)(CNC(=O)Cn3ccnc3)C2)ncn1. The highest BCUT2D eigenvalue weighted by Crippen LogP contribution is 2.26. The molecule has 25 heavy (non-hydrogen) atoms. The zero-order valence-corrected chi connectivity index (χ0v) is 14.5. The molecule has 2 aromatic rings. The van der Waals surface area contributed by atoms with E-state index in [-0.39, 0.29) is 19.0 Å². The fraction of sp³-hybridized carbons (Fsp3) is 0.500. The van der Waals surface area contributed by atoms with E-state index in [9.17, 15) is 9.90 Å². The van der Waals surface area contributed by atoms with Crippen LogP contribution in [0.5, 0.6) is 0 Å². The number of carbonyl (C=O) groups excluding carboxylic acids is 1. The molecular formula is C16H23N7O2. The fourth-order valence-corrected chi connectivity index (χ4v) is 2.82. The number of aromatic nitrogens is 4. The van der Waals surface area contributed by atoms with Crippen LogP contribution in [-0.4, -0.2) is 69.9 Å². The van der Waals surface area contributed by atoms with Crippen molar-refractivity contribution in [2.45, 2.75) is 18.6 Å². The largest absolute Gasteiger partial charge is 0.386 e. The van der Waals surface area contributed by atoms with Gasteiger partial charge >= 0.3 is 0 Å². The average molecular weight is 345 g/mol. The van der Waals surface area contributed by atoms with Crippen molar-refractivity contribution in [3.63, 3.8) is 0 Å². The summed E-state index contributed by atoms with van der Waals surface area (Å²) >= 11 is 0. The highest BCUT2D eigenvalue weighted by molar-refractivity contribution is 5.75. The summed E-state index contributed by atoms with van der Waals surface area (Å²) < 4.78 is 1.68. The van der Waals surface area contributed by atoms with Crippen LogP contribution in [0.25, 0.3) is 0 Å². The molecule has 1 aliphatic heterocycles. The predicted octanol–water partition coefficient (Wildman–Crippen LogP) is -0.503. The Labute approximate surface area is 146 Å². The maximum atomic E-state index is 12.0. The second-order valence-electron chi connectivity index (χ2n) is 6.54. The Morgan fingerprint density at radius 1 is 1.44 bits per heavy atom. The quantitative estimate of drug-likeness (QED) is 0.728. The summed E-state index contributed by atoms with van der Waals surface area (Å²) in [5, 5.41) is 13.5. The van der Waals surface area contributed by atoms with Crippen LogP contribution in [0.4, 0.5) is 11.6 Å². The fourth-order valence-electron chi connectivity index (χ4n) is 2.82. The van der Waals surface area contributed by atoms with Crippen LogP contribution >= 0.6 is 0 Å². The van der Waals surface area contributed by atoms with Gasteiger partial charge in [-0.1, -0.05) is 0 Å². The van der Waals surface area contributed by atoms with Gasteiger partial charge in [0.1, 0.15) is 30.1 Å². The monoisotopic (exact) mass is 345 g/mol. The topological polar surface area (TPSA) is 99.4 Å². The lowest BCUT2D eigenvalue weighted by Gasteiger charge is -2.24. The molecule has 2 N–H and O–H groups in total. The zero-order chi connectivity index (χ0) is 17.9. The van der Waals surface area contributed by atoms with Gasteiger partial charge in [0.15, 0.2) is 0 Å². The lowest BCUT2D eigenvalue weighted by atomic mass is 10.0. The zero-order valence-electron chi connectivity index (χ0n) is 14.5. The van der Waals surface area contributed by atoms with E-state index in [2.05, 4.69) is 20.3 Å². The Balaban J connectivity index is 1.55. The summed E-state index contributed by atoms with van der Waals surface area (Å²) in [6, 6.07) is 1.89. The van der Waals surface area contributed by atoms with Crippen molar-refractivity contribution < 1.29 is 9.90 Å². The molecule has 3 heterocycles. The van der Waals surface area contributed by atoms with Gasteiger partial charge in [-0.15, -0.1) is 0 Å². The number of anilines is 2. The second-order valence-corrected chi connectivity index (χ2v) is 6.54. The Bertz CT molecular complexity index is 719. The third kappa shape index (κ3) is 4.24. The van der Waals surface area contributed by atoms with Crippen molar-refractivity contribution in [1.29, 1.82) is 0 Å². The van der Waals surface area contributed by atoms with Gasteiger partial charge in [0.05, 0.1) is 6.33 Å². The Hall–Kier alpha value is -2.68. The summed E-state index contributed by atoms with van der Waals surface area (Å²) in [7, 11) is 3.84. The molecule has 0 unspecified atom stereocenters. The second kappa shape index (κ2) is 7.06. The number of amides is 1. The molecule has 9 heteroatoms. The molecule has 0 radical (unpaired) electrons. The number of rotatable bonds is 6. The van der Waals surface area contributed by atoms with Crippen LogP contribution in [0.15, 0.2) is 31.1 Å². The Kier molecular flexibility index (Phi) is 4.84. The van der Waals surface area contributed by atoms with E-state index in [0.29, 0.717) is 19.5 Å². The molecule has 1 amide bonds. The smallest absolute Gasteiger partial charge is 0.240 e. The lowest BCUT2D eigenvalue weighted by molar-refractivity contribution is -0.122. The number of carbonyl (C=O) groups is 1. The number of β-amino-alcohol motifs (C(OH)–C–C–N with tert-alkyl or cyclic N) is 1. The van der Waals surface area contributed by atoms with E-state index in [0.717, 1.165) is 11.6 Å². The third-order valence-corrected chi connectivity index (χ3v) is 4.25. The molecule has 3 rings (SSSR count). The van der Waals surface area contributed by atoms with Crippen molar-refractivity contribution in [2.24, 2.45) is 0 Å². The normalized spacial score (nSPS) is 19.9. The first-order valence-electron chi connectivity index (χ1n) is 8.14. The molecule has 0 aromatic carbocycles. The van der Waals surface area contributed by atoms with Crippen LogP contribution in [0.3, 0.4) is 0 Å². The van der Waals surface area contributed by atoms with Crippen molar-refractivity contribution >= 4 is 17.5 Å². The van der Waals surface area contributed by atoms with Gasteiger partial charge in [0.2, 0.25) is 5.91 Å². The van der Waals surface area contributed by atoms with E-state index in [1.54, 1.807) is 23.3 Å². The highest BCUT2D eigenvalue weighted by Gasteiger charge is 2.37. The first kappa shape index (κ1) is 17.2. The maximum absolute atomic E-state index is 12.0. The average Bonchev–Trinajstić information content (AvgIpc) is 3.23. The summed E-state index contributed by atoms with van der Waals surface area (Å²) in [6.07, 6.45) is 7.03. The van der Waals surface area contributed by atoms with Crippen molar-refractivity contribution in [2.75, 3.05) is 43.5 Å². The minimum atomic E-state index is -0.964. The van der Waals surface area contributed by atoms with Crippen LogP contribution in [0.2, 0.25) is 0 Å². The van der Waals surface area contributed by atoms with Gasteiger partial charge < -0.3 is 24.8 Å². The van der Waals surface area contributed by atoms with Gasteiger partial charge in [0.25, 0.3) is 0 Å². The number of aliphatic hydroxyl groups is 1. The maximum Gasteiger partial charge on any atom is 0.240 e. The number of hydrogen-bond donors (Lipinski definition) is 2. The molecule has 0 aliphatic carbocycles. The Morgan fingerprint density at radius 2 is 2.28 bits per heavy atom. The molecule has 1 saturated heterocycles. The van der Waals surface area contributed by atoms with Gasteiger partial charge in [-0.3, -0.25) is 4.79 Å². The van der Waals surface area contributed by atoms with Crippen molar-refractivity contribution in [1.82, 2.24) is 24.8 Å². The predicted molar refractivity (Wildman–Crippen MR) is 93.4 cm³/mol. The number of imidazole rings is 1. The van der Waals surface area contributed by atoms with E-state index in [4.69, 9.17) is 0 Å². The number of nitrogens with one attached hydrogen (secondary N) is 1. The first-order chi connectivity index (χ1) is 12.0. The molecule has 9 nitrogen and oxygen atoms in total. The van der Waals surface area contributed by atoms with Gasteiger partial charge in [0, 0.05) is 52.2 Å². The minimum absolute atomic E-state index is 0.151. The molecule has 0 spiro atoms. The summed E-state index contributed by atoms with van der Waals surface area (Å²) in [5.41, 5.74) is -0.964. The summed E-state index contributed by atoms with van der Waals surface area (Å²) in [6.45, 7) is 1.50. The van der Waals surface area contributed by atoms with Crippen LogP contribution in [0, 0.1) is 0 Å². The van der Waals surface area contributed by atoms with Crippen LogP contribution in [0.1, 0.15) is 6.42 Å². The van der Waals surface area contributed by atoms with Crippen LogP contribution in [-0.2, 0) is 11.3 Å². The summed E-state index contributed by atoms with van der Waals surface area (Å²) in [4.78, 5) is 28.3. The molecule has 1 fully saturated rings. The number of nitrogens with zero attached hydrogens (tertiary/aromatic N) is 6. The van der Waals surface area contributed by atoms with Crippen LogP contribution < -0.4 is 15.1 Å². The molecular weight excluding hydrogens is 322 g/mol. The van der Waals surface area contributed by atoms with Gasteiger partial charge in [-0.05, 0) is 6.42 Å². The minimum Gasteiger partial charge on any atom is -0.386 e. The van der Waals surface area contributed by atoms with Gasteiger partial charge in [-0.2, -0.15) is 0 Å². The molecule has 0 bridgehead atoms. The van der Waals surface area contributed by atoms with Gasteiger partial charge in [-0.25, -0.2) is 15.0 Å². The van der Waals surface area contributed by atoms with E-state index >= 15 is 0 Å². The van der Waals surface area contributed by atoms with Crippen molar-refractivity contribution in [3.05, 3.63) is 31.1 Å². The van der Waals surface area contributed by atoms with E-state index in [1.807, 2.05) is 30.0 Å². The molecule has 1 atom stereocenters. The van der Waals surface area contributed by atoms with E-state index in [1.165, 1.54) is 6.33 Å². The number of hydrogen-bond acceptors (Lipinski definition) is 7. The highest BCUT2D eigenvalue weighted by atomic mass is 16.3. The standard InChI is InChI=1S/C16H23N7O2/c1-21(2)13-7-14(20-11-19-13)23-5-3-16(25,10-23)9-18-15(24)8-22-6-4-17-12-22/h4,6-7,11-12,25H,3,5,8-10H2,1-2H3,(H,18,24)/t16-/m1/s1. The molecule has 134 valence electrons. The molecule has 0 saturated carbocycles.